The Morgan fingerprint density at radius 3 is 2.46 bits per heavy atom. The fourth-order valence-corrected chi connectivity index (χ4v) is 2.85. The molecule has 1 aromatic heterocycles. The third-order valence-electron chi connectivity index (χ3n) is 3.45. The third-order valence-corrected chi connectivity index (χ3v) is 4.43. The van der Waals surface area contributed by atoms with E-state index in [0.717, 1.165) is 17.2 Å². The molecule has 2 aromatic carbocycles. The molecule has 0 atom stereocenters. The zero-order valence-corrected chi connectivity index (χ0v) is 15.2. The van der Waals surface area contributed by atoms with E-state index < -0.39 is 0 Å². The number of carbonyl (C=O) groups is 1. The maximum atomic E-state index is 12.3. The number of hydrogen-bond donors (Lipinski definition) is 1. The molecule has 134 valence electrons. The highest BCUT2D eigenvalue weighted by atomic mass is 32.1. The quantitative estimate of drug-likeness (QED) is 0.611. The number of aryl methyl sites for hydroxylation is 1. The van der Waals surface area contributed by atoms with Crippen molar-refractivity contribution in [3.8, 4) is 11.5 Å². The van der Waals surface area contributed by atoms with Gasteiger partial charge in [-0.15, -0.1) is 10.2 Å². The number of para-hydroxylation sites is 1. The van der Waals surface area contributed by atoms with Crippen LogP contribution < -0.4 is 14.8 Å². The lowest BCUT2D eigenvalue weighted by molar-refractivity contribution is 0.102. The van der Waals surface area contributed by atoms with E-state index in [1.54, 1.807) is 24.3 Å². The highest BCUT2D eigenvalue weighted by Gasteiger charge is 2.10. The van der Waals surface area contributed by atoms with E-state index in [-0.39, 0.29) is 5.91 Å². The van der Waals surface area contributed by atoms with Gasteiger partial charge in [-0.05, 0) is 36.8 Å². The van der Waals surface area contributed by atoms with Crippen molar-refractivity contribution in [1.82, 2.24) is 10.2 Å². The van der Waals surface area contributed by atoms with Crippen molar-refractivity contribution in [3.63, 3.8) is 0 Å². The molecule has 26 heavy (non-hydrogen) atoms. The summed E-state index contributed by atoms with van der Waals surface area (Å²) in [5.41, 5.74) is 0.500. The average Bonchev–Trinajstić information content (AvgIpc) is 3.14. The van der Waals surface area contributed by atoms with Gasteiger partial charge in [0.15, 0.2) is 0 Å². The summed E-state index contributed by atoms with van der Waals surface area (Å²) in [5, 5.41) is 12.1. The summed E-state index contributed by atoms with van der Waals surface area (Å²) < 4.78 is 11.2. The molecule has 0 bridgehead atoms. The van der Waals surface area contributed by atoms with Crippen LogP contribution in [-0.2, 0) is 6.42 Å². The topological polar surface area (TPSA) is 73.3 Å². The van der Waals surface area contributed by atoms with Crippen LogP contribution >= 0.6 is 11.3 Å². The van der Waals surface area contributed by atoms with Gasteiger partial charge in [0.25, 0.3) is 5.91 Å². The summed E-state index contributed by atoms with van der Waals surface area (Å²) in [7, 11) is 0. The molecule has 0 spiro atoms. The number of amides is 1. The van der Waals surface area contributed by atoms with Gasteiger partial charge in [0.05, 0.1) is 0 Å². The van der Waals surface area contributed by atoms with Gasteiger partial charge in [-0.3, -0.25) is 10.1 Å². The minimum absolute atomic E-state index is 0.241. The van der Waals surface area contributed by atoms with Crippen molar-refractivity contribution < 1.29 is 14.3 Å². The standard InChI is InChI=1S/C19H19N3O3S/c1-2-17-21-22-19(26-17)20-18(23)14-7-6-10-16(13-14)25-12-11-24-15-8-4-3-5-9-15/h3-10,13H,2,11-12H2,1H3,(H,20,22,23). The number of anilines is 1. The van der Waals surface area contributed by atoms with E-state index in [4.69, 9.17) is 9.47 Å². The van der Waals surface area contributed by atoms with E-state index in [0.29, 0.717) is 29.7 Å². The predicted molar refractivity (Wildman–Crippen MR) is 101 cm³/mol. The molecule has 7 heteroatoms. The predicted octanol–water partition coefficient (Wildman–Crippen LogP) is 3.81. The smallest absolute Gasteiger partial charge is 0.257 e. The van der Waals surface area contributed by atoms with Crippen LogP contribution in [0.2, 0.25) is 0 Å². The molecule has 0 aliphatic carbocycles. The van der Waals surface area contributed by atoms with E-state index >= 15 is 0 Å². The summed E-state index contributed by atoms with van der Waals surface area (Å²) in [5.74, 6) is 1.17. The van der Waals surface area contributed by atoms with Crippen molar-refractivity contribution in [1.29, 1.82) is 0 Å². The largest absolute Gasteiger partial charge is 0.490 e. The monoisotopic (exact) mass is 369 g/mol. The van der Waals surface area contributed by atoms with Gasteiger partial charge in [0, 0.05) is 5.56 Å². The maximum Gasteiger partial charge on any atom is 0.257 e. The van der Waals surface area contributed by atoms with E-state index in [9.17, 15) is 4.79 Å². The second-order valence-corrected chi connectivity index (χ2v) is 6.41. The lowest BCUT2D eigenvalue weighted by atomic mass is 10.2. The van der Waals surface area contributed by atoms with Gasteiger partial charge < -0.3 is 9.47 Å². The Labute approximate surface area is 155 Å². The number of ether oxygens (including phenoxy) is 2. The van der Waals surface area contributed by atoms with Crippen molar-refractivity contribution in [3.05, 3.63) is 65.2 Å². The lowest BCUT2D eigenvalue weighted by Crippen LogP contribution is -2.12. The number of nitrogens with one attached hydrogen (secondary N) is 1. The first-order chi connectivity index (χ1) is 12.7. The van der Waals surface area contributed by atoms with Gasteiger partial charge in [-0.25, -0.2) is 0 Å². The highest BCUT2D eigenvalue weighted by molar-refractivity contribution is 7.15. The fraction of sp³-hybridized carbons (Fsp3) is 0.211. The summed E-state index contributed by atoms with van der Waals surface area (Å²) >= 11 is 1.37. The molecule has 3 aromatic rings. The van der Waals surface area contributed by atoms with Gasteiger partial charge in [-0.2, -0.15) is 0 Å². The highest BCUT2D eigenvalue weighted by Crippen LogP contribution is 2.18. The summed E-state index contributed by atoms with van der Waals surface area (Å²) in [6.45, 7) is 2.80. The number of hydrogen-bond acceptors (Lipinski definition) is 6. The van der Waals surface area contributed by atoms with Crippen LogP contribution in [-0.4, -0.2) is 29.3 Å². The first-order valence-corrected chi connectivity index (χ1v) is 9.10. The summed E-state index contributed by atoms with van der Waals surface area (Å²) in [4.78, 5) is 12.3. The van der Waals surface area contributed by atoms with E-state index in [2.05, 4.69) is 15.5 Å². The molecule has 6 nitrogen and oxygen atoms in total. The molecule has 0 fully saturated rings. The van der Waals surface area contributed by atoms with Gasteiger partial charge in [0.1, 0.15) is 29.7 Å². The second-order valence-electron chi connectivity index (χ2n) is 5.35. The number of aromatic nitrogens is 2. The summed E-state index contributed by atoms with van der Waals surface area (Å²) in [6, 6.07) is 16.6. The molecule has 1 heterocycles. The van der Waals surface area contributed by atoms with Crippen LogP contribution in [0.15, 0.2) is 54.6 Å². The van der Waals surface area contributed by atoms with Crippen LogP contribution in [0.1, 0.15) is 22.3 Å². The molecular formula is C19H19N3O3S. The van der Waals surface area contributed by atoms with Crippen LogP contribution in [0.3, 0.4) is 0 Å². The lowest BCUT2D eigenvalue weighted by Gasteiger charge is -2.09. The Kier molecular flexibility index (Phi) is 6.16. The first-order valence-electron chi connectivity index (χ1n) is 8.29. The van der Waals surface area contributed by atoms with Gasteiger partial charge >= 0.3 is 0 Å². The molecule has 0 aliphatic rings. The fourth-order valence-electron chi connectivity index (χ4n) is 2.18. The van der Waals surface area contributed by atoms with Crippen molar-refractivity contribution in [2.75, 3.05) is 18.5 Å². The Bertz CT molecular complexity index is 852. The number of carbonyl (C=O) groups excluding carboxylic acids is 1. The molecule has 3 rings (SSSR count). The maximum absolute atomic E-state index is 12.3. The Morgan fingerprint density at radius 1 is 1.00 bits per heavy atom. The van der Waals surface area contributed by atoms with Crippen LogP contribution in [0, 0.1) is 0 Å². The zero-order chi connectivity index (χ0) is 18.2. The molecular weight excluding hydrogens is 350 g/mol. The molecule has 0 saturated carbocycles. The normalized spacial score (nSPS) is 10.3. The third kappa shape index (κ3) is 5.03. The van der Waals surface area contributed by atoms with E-state index in [1.165, 1.54) is 11.3 Å². The molecule has 1 amide bonds. The molecule has 0 radical (unpaired) electrons. The van der Waals surface area contributed by atoms with Crippen molar-refractivity contribution in [2.45, 2.75) is 13.3 Å². The summed E-state index contributed by atoms with van der Waals surface area (Å²) in [6.07, 6.45) is 0.794. The number of rotatable bonds is 8. The Morgan fingerprint density at radius 2 is 1.73 bits per heavy atom. The van der Waals surface area contributed by atoms with Gasteiger partial charge in [-0.1, -0.05) is 42.5 Å². The van der Waals surface area contributed by atoms with Crippen LogP contribution in [0.5, 0.6) is 11.5 Å². The number of nitrogens with zero attached hydrogens (tertiary/aromatic N) is 2. The Balaban J connectivity index is 1.51. The molecule has 1 N–H and O–H groups in total. The van der Waals surface area contributed by atoms with Crippen LogP contribution in [0.25, 0.3) is 0 Å². The average molecular weight is 369 g/mol. The second kappa shape index (κ2) is 8.96. The molecule has 0 saturated heterocycles. The van der Waals surface area contributed by atoms with Gasteiger partial charge in [0.2, 0.25) is 5.13 Å². The molecule has 0 unspecified atom stereocenters. The first kappa shape index (κ1) is 17.9. The molecule has 0 aliphatic heterocycles. The van der Waals surface area contributed by atoms with Crippen molar-refractivity contribution in [2.24, 2.45) is 0 Å². The van der Waals surface area contributed by atoms with Crippen LogP contribution in [0.4, 0.5) is 5.13 Å². The van der Waals surface area contributed by atoms with E-state index in [1.807, 2.05) is 37.3 Å². The minimum atomic E-state index is -0.241. The zero-order valence-electron chi connectivity index (χ0n) is 14.3. The van der Waals surface area contributed by atoms with Crippen molar-refractivity contribution >= 4 is 22.4 Å². The minimum Gasteiger partial charge on any atom is -0.490 e. The SMILES string of the molecule is CCc1nnc(NC(=O)c2cccc(OCCOc3ccccc3)c2)s1. The number of benzene rings is 2. The Hall–Kier alpha value is -2.93.